The highest BCUT2D eigenvalue weighted by Crippen LogP contribution is 2.25. The number of benzene rings is 1. The number of methoxy groups -OCH3 is 1. The molecule has 4 heteroatoms. The van der Waals surface area contributed by atoms with Crippen LogP contribution in [-0.4, -0.2) is 16.9 Å². The van der Waals surface area contributed by atoms with Crippen molar-refractivity contribution in [1.82, 2.24) is 9.78 Å². The van der Waals surface area contributed by atoms with Crippen molar-refractivity contribution in [2.24, 2.45) is 12.8 Å². The molecule has 0 saturated heterocycles. The molecule has 0 aliphatic carbocycles. The summed E-state index contributed by atoms with van der Waals surface area (Å²) < 4.78 is 7.04. The molecule has 2 rings (SSSR count). The second-order valence-corrected chi connectivity index (χ2v) is 4.53. The molecule has 1 heterocycles. The predicted molar refractivity (Wildman–Crippen MR) is 71.7 cm³/mol. The lowest BCUT2D eigenvalue weighted by Crippen LogP contribution is -2.17. The van der Waals surface area contributed by atoms with Crippen LogP contribution in [0, 0.1) is 13.8 Å². The van der Waals surface area contributed by atoms with Crippen LogP contribution in [0.3, 0.4) is 0 Å². The number of hydrogen-bond donors (Lipinski definition) is 1. The van der Waals surface area contributed by atoms with Crippen LogP contribution in [0.1, 0.15) is 28.6 Å². The summed E-state index contributed by atoms with van der Waals surface area (Å²) in [4.78, 5) is 0. The van der Waals surface area contributed by atoms with E-state index in [0.29, 0.717) is 0 Å². The minimum absolute atomic E-state index is 0.165. The summed E-state index contributed by atoms with van der Waals surface area (Å²) in [6, 6.07) is 7.81. The lowest BCUT2D eigenvalue weighted by Gasteiger charge is -2.15. The molecule has 1 atom stereocenters. The van der Waals surface area contributed by atoms with Crippen LogP contribution in [0.25, 0.3) is 0 Å². The van der Waals surface area contributed by atoms with Crippen molar-refractivity contribution in [2.75, 3.05) is 7.11 Å². The van der Waals surface area contributed by atoms with Crippen molar-refractivity contribution >= 4 is 0 Å². The van der Waals surface area contributed by atoms with Crippen molar-refractivity contribution < 1.29 is 4.74 Å². The number of nitrogens with two attached hydrogens (primary N) is 1. The zero-order valence-electron chi connectivity index (χ0n) is 11.3. The molecule has 2 N–H and O–H groups in total. The summed E-state index contributed by atoms with van der Waals surface area (Å²) in [5.41, 5.74) is 10.5. The number of aromatic nitrogens is 2. The Labute approximate surface area is 107 Å². The van der Waals surface area contributed by atoms with Crippen molar-refractivity contribution in [3.05, 3.63) is 46.8 Å². The van der Waals surface area contributed by atoms with Crippen LogP contribution in [-0.2, 0) is 7.05 Å². The van der Waals surface area contributed by atoms with Gasteiger partial charge in [-0.1, -0.05) is 6.07 Å². The number of hydrogen-bond acceptors (Lipinski definition) is 3. The molecule has 0 fully saturated rings. The first-order valence-corrected chi connectivity index (χ1v) is 5.93. The summed E-state index contributed by atoms with van der Waals surface area (Å²) in [5, 5.41) is 4.33. The molecule has 1 unspecified atom stereocenters. The molecule has 2 aromatic rings. The third kappa shape index (κ3) is 2.24. The Hall–Kier alpha value is -1.81. The average Bonchev–Trinajstić information content (AvgIpc) is 2.67. The zero-order chi connectivity index (χ0) is 13.3. The van der Waals surface area contributed by atoms with Gasteiger partial charge in [0.1, 0.15) is 5.75 Å². The van der Waals surface area contributed by atoms with Crippen molar-refractivity contribution in [3.8, 4) is 5.75 Å². The molecule has 0 saturated carbocycles. The summed E-state index contributed by atoms with van der Waals surface area (Å²) in [6.07, 6.45) is 0. The molecule has 4 nitrogen and oxygen atoms in total. The van der Waals surface area contributed by atoms with Gasteiger partial charge < -0.3 is 10.5 Å². The molecular weight excluding hydrogens is 226 g/mol. The summed E-state index contributed by atoms with van der Waals surface area (Å²) >= 11 is 0. The Bertz CT molecular complexity index is 560. The molecule has 0 spiro atoms. The van der Waals surface area contributed by atoms with Gasteiger partial charge in [-0.3, -0.25) is 4.68 Å². The molecule has 1 aromatic heterocycles. The molecule has 18 heavy (non-hydrogen) atoms. The van der Waals surface area contributed by atoms with E-state index in [-0.39, 0.29) is 6.04 Å². The van der Waals surface area contributed by atoms with E-state index >= 15 is 0 Å². The Balaban J connectivity index is 2.39. The van der Waals surface area contributed by atoms with Crippen molar-refractivity contribution in [3.63, 3.8) is 0 Å². The maximum atomic E-state index is 6.32. The average molecular weight is 245 g/mol. The van der Waals surface area contributed by atoms with Crippen LogP contribution in [0.4, 0.5) is 0 Å². The molecule has 0 aliphatic rings. The topological polar surface area (TPSA) is 53.1 Å². The molecule has 0 radical (unpaired) electrons. The van der Waals surface area contributed by atoms with Crippen molar-refractivity contribution in [2.45, 2.75) is 19.9 Å². The van der Waals surface area contributed by atoms with Crippen LogP contribution >= 0.6 is 0 Å². The summed E-state index contributed by atoms with van der Waals surface area (Å²) in [7, 11) is 3.58. The van der Waals surface area contributed by atoms with Gasteiger partial charge in [-0.05, 0) is 43.2 Å². The number of aryl methyl sites for hydroxylation is 3. The number of ether oxygens (including phenoxy) is 1. The highest BCUT2D eigenvalue weighted by atomic mass is 16.5. The van der Waals surface area contributed by atoms with Crippen LogP contribution in [0.2, 0.25) is 0 Å². The highest BCUT2D eigenvalue weighted by Gasteiger charge is 2.16. The van der Waals surface area contributed by atoms with Crippen molar-refractivity contribution in [1.29, 1.82) is 0 Å². The van der Waals surface area contributed by atoms with E-state index < -0.39 is 0 Å². The zero-order valence-corrected chi connectivity index (χ0v) is 11.3. The first-order valence-electron chi connectivity index (χ1n) is 5.93. The van der Waals surface area contributed by atoms with E-state index in [1.807, 2.05) is 49.8 Å². The van der Waals surface area contributed by atoms with E-state index in [9.17, 15) is 0 Å². The predicted octanol–water partition coefficient (Wildman–Crippen LogP) is 2.09. The monoisotopic (exact) mass is 245 g/mol. The second kappa shape index (κ2) is 4.82. The maximum Gasteiger partial charge on any atom is 0.119 e. The molecular formula is C14H19N3O. The van der Waals surface area contributed by atoms with Gasteiger partial charge in [-0.2, -0.15) is 5.10 Å². The molecule has 0 amide bonds. The molecule has 96 valence electrons. The normalized spacial score (nSPS) is 12.5. The molecule has 1 aromatic carbocycles. The number of rotatable bonds is 3. The number of nitrogens with zero attached hydrogens (tertiary/aromatic N) is 2. The smallest absolute Gasteiger partial charge is 0.119 e. The third-order valence-corrected chi connectivity index (χ3v) is 3.17. The summed E-state index contributed by atoms with van der Waals surface area (Å²) in [5.74, 6) is 0.852. The maximum absolute atomic E-state index is 6.32. The molecule has 0 bridgehead atoms. The SMILES string of the molecule is COc1ccc(C(N)c2cc(C)nn2C)c(C)c1. The van der Waals surface area contributed by atoms with Gasteiger partial charge in [0.05, 0.1) is 24.5 Å². The largest absolute Gasteiger partial charge is 0.497 e. The van der Waals surface area contributed by atoms with E-state index in [0.717, 1.165) is 28.3 Å². The minimum Gasteiger partial charge on any atom is -0.497 e. The van der Waals surface area contributed by atoms with E-state index in [4.69, 9.17) is 10.5 Å². The quantitative estimate of drug-likeness (QED) is 0.901. The Morgan fingerprint density at radius 2 is 2.00 bits per heavy atom. The van der Waals surface area contributed by atoms with Gasteiger partial charge >= 0.3 is 0 Å². The fourth-order valence-electron chi connectivity index (χ4n) is 2.21. The summed E-state index contributed by atoms with van der Waals surface area (Å²) in [6.45, 7) is 4.01. The Morgan fingerprint density at radius 3 is 2.50 bits per heavy atom. The van der Waals surface area contributed by atoms with Crippen LogP contribution in [0.5, 0.6) is 5.75 Å². The van der Waals surface area contributed by atoms with Gasteiger partial charge in [-0.25, -0.2) is 0 Å². The minimum atomic E-state index is -0.165. The van der Waals surface area contributed by atoms with E-state index in [1.165, 1.54) is 0 Å². The highest BCUT2D eigenvalue weighted by molar-refractivity contribution is 5.39. The Kier molecular flexibility index (Phi) is 3.39. The van der Waals surface area contributed by atoms with Gasteiger partial charge in [0.25, 0.3) is 0 Å². The first kappa shape index (κ1) is 12.6. The fraction of sp³-hybridized carbons (Fsp3) is 0.357. The van der Waals surface area contributed by atoms with Gasteiger partial charge in [0.2, 0.25) is 0 Å². The van der Waals surface area contributed by atoms with E-state index in [1.54, 1.807) is 7.11 Å². The lowest BCUT2D eigenvalue weighted by molar-refractivity contribution is 0.414. The van der Waals surface area contributed by atoms with Gasteiger partial charge in [-0.15, -0.1) is 0 Å². The van der Waals surface area contributed by atoms with Crippen LogP contribution < -0.4 is 10.5 Å². The fourth-order valence-corrected chi connectivity index (χ4v) is 2.21. The second-order valence-electron chi connectivity index (χ2n) is 4.53. The Morgan fingerprint density at radius 1 is 1.28 bits per heavy atom. The lowest BCUT2D eigenvalue weighted by atomic mass is 9.99. The standard InChI is InChI=1S/C14H19N3O/c1-9-7-11(18-4)5-6-12(9)14(15)13-8-10(2)16-17(13)3/h5-8,14H,15H2,1-4H3. The van der Waals surface area contributed by atoms with Gasteiger partial charge in [0, 0.05) is 7.05 Å². The van der Waals surface area contributed by atoms with Gasteiger partial charge in [0.15, 0.2) is 0 Å². The molecule has 0 aliphatic heterocycles. The van der Waals surface area contributed by atoms with Crippen LogP contribution in [0.15, 0.2) is 24.3 Å². The third-order valence-electron chi connectivity index (χ3n) is 3.17. The van der Waals surface area contributed by atoms with E-state index in [2.05, 4.69) is 5.10 Å². The first-order chi connectivity index (χ1) is 8.52.